The van der Waals surface area contributed by atoms with Crippen LogP contribution < -0.4 is 0 Å². The van der Waals surface area contributed by atoms with Crippen LogP contribution in [0.5, 0.6) is 11.5 Å². The summed E-state index contributed by atoms with van der Waals surface area (Å²) < 4.78 is 1.99. The third-order valence-electron chi connectivity index (χ3n) is 4.49. The van der Waals surface area contributed by atoms with E-state index in [-0.39, 0.29) is 11.5 Å². The quantitative estimate of drug-likeness (QED) is 0.326. The van der Waals surface area contributed by atoms with Gasteiger partial charge in [-0.25, -0.2) is 0 Å². The van der Waals surface area contributed by atoms with Crippen LogP contribution in [-0.2, 0) is 0 Å². The van der Waals surface area contributed by atoms with Crippen molar-refractivity contribution in [2.75, 3.05) is 0 Å². The van der Waals surface area contributed by atoms with E-state index in [9.17, 15) is 10.2 Å². The molecular formula is C21H14Br2O2. The molecule has 0 aliphatic carbocycles. The molecular weight excluding hydrogens is 444 g/mol. The van der Waals surface area contributed by atoms with Gasteiger partial charge in [-0.3, -0.25) is 0 Å². The second-order valence-electron chi connectivity index (χ2n) is 6.11. The summed E-state index contributed by atoms with van der Waals surface area (Å²) in [6.45, 7) is 2.01. The first-order valence-corrected chi connectivity index (χ1v) is 9.38. The number of halogens is 2. The maximum absolute atomic E-state index is 10.6. The minimum atomic E-state index is 0.151. The molecule has 2 N–H and O–H groups in total. The first-order chi connectivity index (χ1) is 12.0. The predicted octanol–water partition coefficient (Wildman–Crippen LogP) is 6.90. The number of hydrogen-bond donors (Lipinski definition) is 2. The molecule has 25 heavy (non-hydrogen) atoms. The van der Waals surface area contributed by atoms with Crippen LogP contribution in [0.3, 0.4) is 0 Å². The van der Waals surface area contributed by atoms with Crippen LogP contribution in [0.2, 0.25) is 0 Å². The minimum absolute atomic E-state index is 0.151. The zero-order valence-corrected chi connectivity index (χ0v) is 16.5. The van der Waals surface area contributed by atoms with Crippen molar-refractivity contribution in [2.45, 2.75) is 6.92 Å². The highest BCUT2D eigenvalue weighted by Crippen LogP contribution is 2.45. The lowest BCUT2D eigenvalue weighted by molar-refractivity contribution is 0.470. The van der Waals surface area contributed by atoms with E-state index in [0.717, 1.165) is 36.1 Å². The Balaban J connectivity index is 2.19. The summed E-state index contributed by atoms with van der Waals surface area (Å²) in [6.07, 6.45) is 0. The van der Waals surface area contributed by atoms with E-state index in [4.69, 9.17) is 0 Å². The van der Waals surface area contributed by atoms with Gasteiger partial charge in [0.25, 0.3) is 0 Å². The van der Waals surface area contributed by atoms with Gasteiger partial charge in [0, 0.05) is 20.1 Å². The first-order valence-electron chi connectivity index (χ1n) is 7.79. The zero-order chi connectivity index (χ0) is 17.7. The Morgan fingerprint density at radius 2 is 1.28 bits per heavy atom. The maximum atomic E-state index is 10.6. The number of rotatable bonds is 1. The SMILES string of the molecule is Cc1cc2c(-c3c(O)ccc4cc(Br)ccc34)c(O)ccc2cc1Br. The monoisotopic (exact) mass is 456 g/mol. The van der Waals surface area contributed by atoms with Crippen LogP contribution in [0.1, 0.15) is 5.56 Å². The van der Waals surface area contributed by atoms with E-state index in [1.165, 1.54) is 0 Å². The normalized spacial score (nSPS) is 11.3. The highest BCUT2D eigenvalue weighted by atomic mass is 79.9. The number of phenolic OH excluding ortho intramolecular Hbond substituents is 2. The van der Waals surface area contributed by atoms with E-state index < -0.39 is 0 Å². The van der Waals surface area contributed by atoms with Gasteiger partial charge in [-0.1, -0.05) is 50.1 Å². The molecule has 0 bridgehead atoms. The molecule has 0 aromatic heterocycles. The molecule has 4 rings (SSSR count). The van der Waals surface area contributed by atoms with Crippen LogP contribution >= 0.6 is 31.9 Å². The molecule has 0 heterocycles. The van der Waals surface area contributed by atoms with Gasteiger partial charge in [-0.2, -0.15) is 0 Å². The highest BCUT2D eigenvalue weighted by Gasteiger charge is 2.17. The molecule has 0 radical (unpaired) electrons. The van der Waals surface area contributed by atoms with Crippen molar-refractivity contribution in [3.8, 4) is 22.6 Å². The van der Waals surface area contributed by atoms with Crippen molar-refractivity contribution in [3.63, 3.8) is 0 Å². The molecule has 2 nitrogen and oxygen atoms in total. The van der Waals surface area contributed by atoms with Crippen molar-refractivity contribution in [1.82, 2.24) is 0 Å². The second-order valence-corrected chi connectivity index (χ2v) is 7.88. The number of hydrogen-bond acceptors (Lipinski definition) is 2. The van der Waals surface area contributed by atoms with Gasteiger partial charge in [-0.15, -0.1) is 0 Å². The van der Waals surface area contributed by atoms with Gasteiger partial charge in [0.1, 0.15) is 11.5 Å². The Kier molecular flexibility index (Phi) is 3.97. The van der Waals surface area contributed by atoms with E-state index >= 15 is 0 Å². The fourth-order valence-corrected chi connectivity index (χ4v) is 4.00. The molecule has 0 amide bonds. The van der Waals surface area contributed by atoms with Gasteiger partial charge in [0.2, 0.25) is 0 Å². The van der Waals surface area contributed by atoms with E-state index in [1.807, 2.05) is 49.4 Å². The average molecular weight is 458 g/mol. The van der Waals surface area contributed by atoms with Crippen molar-refractivity contribution < 1.29 is 10.2 Å². The molecule has 0 saturated heterocycles. The third-order valence-corrected chi connectivity index (χ3v) is 5.83. The largest absolute Gasteiger partial charge is 0.507 e. The standard InChI is InChI=1S/C21H14Br2O2/c1-11-8-16-13(10-17(11)23)3-7-19(25)21(16)20-15-5-4-14(22)9-12(15)2-6-18(20)24/h2-10,24-25H,1H3. The lowest BCUT2D eigenvalue weighted by Crippen LogP contribution is -1.88. The lowest BCUT2D eigenvalue weighted by Gasteiger charge is -2.15. The summed E-state index contributed by atoms with van der Waals surface area (Å²) in [6, 6.07) is 17.1. The molecule has 0 aliphatic rings. The smallest absolute Gasteiger partial charge is 0.124 e. The van der Waals surface area contributed by atoms with Crippen LogP contribution in [0.4, 0.5) is 0 Å². The summed E-state index contributed by atoms with van der Waals surface area (Å²) >= 11 is 7.05. The van der Waals surface area contributed by atoms with Crippen LogP contribution in [-0.4, -0.2) is 10.2 Å². The number of fused-ring (bicyclic) bond motifs is 2. The number of phenols is 2. The highest BCUT2D eigenvalue weighted by molar-refractivity contribution is 9.10. The lowest BCUT2D eigenvalue weighted by atomic mass is 9.91. The van der Waals surface area contributed by atoms with Crippen molar-refractivity contribution in [1.29, 1.82) is 0 Å². The molecule has 0 fully saturated rings. The molecule has 0 saturated carbocycles. The molecule has 4 heteroatoms. The summed E-state index contributed by atoms with van der Waals surface area (Å²) in [4.78, 5) is 0. The minimum Gasteiger partial charge on any atom is -0.507 e. The maximum Gasteiger partial charge on any atom is 0.124 e. The molecule has 0 aliphatic heterocycles. The van der Waals surface area contributed by atoms with E-state index in [2.05, 4.69) is 31.9 Å². The summed E-state index contributed by atoms with van der Waals surface area (Å²) in [5, 5.41) is 25.0. The Morgan fingerprint density at radius 3 is 1.96 bits per heavy atom. The molecule has 0 spiro atoms. The molecule has 4 aromatic carbocycles. The Labute approximate surface area is 162 Å². The summed E-state index contributed by atoms with van der Waals surface area (Å²) in [5.41, 5.74) is 2.37. The topological polar surface area (TPSA) is 40.5 Å². The van der Waals surface area contributed by atoms with Gasteiger partial charge in [-0.05, 0) is 70.4 Å². The van der Waals surface area contributed by atoms with Crippen LogP contribution in [0.15, 0.2) is 63.5 Å². The van der Waals surface area contributed by atoms with Crippen molar-refractivity contribution >= 4 is 53.4 Å². The van der Waals surface area contributed by atoms with E-state index in [0.29, 0.717) is 11.1 Å². The first kappa shape index (κ1) is 16.4. The molecule has 4 aromatic rings. The van der Waals surface area contributed by atoms with Gasteiger partial charge in [0.05, 0.1) is 0 Å². The van der Waals surface area contributed by atoms with Crippen molar-refractivity contribution in [2.24, 2.45) is 0 Å². The Bertz CT molecular complexity index is 1150. The third kappa shape index (κ3) is 2.70. The average Bonchev–Trinajstić information content (AvgIpc) is 2.58. The Morgan fingerprint density at radius 1 is 0.680 bits per heavy atom. The van der Waals surface area contributed by atoms with Gasteiger partial charge < -0.3 is 10.2 Å². The fraction of sp³-hybridized carbons (Fsp3) is 0.0476. The number of benzene rings is 4. The summed E-state index contributed by atoms with van der Waals surface area (Å²) in [7, 11) is 0. The van der Waals surface area contributed by atoms with Crippen molar-refractivity contribution in [3.05, 3.63) is 69.1 Å². The zero-order valence-electron chi connectivity index (χ0n) is 13.3. The molecule has 0 atom stereocenters. The summed E-state index contributed by atoms with van der Waals surface area (Å²) in [5.74, 6) is 0.304. The fourth-order valence-electron chi connectivity index (χ4n) is 3.26. The van der Waals surface area contributed by atoms with E-state index in [1.54, 1.807) is 12.1 Å². The number of aryl methyl sites for hydroxylation is 1. The van der Waals surface area contributed by atoms with Gasteiger partial charge in [0.15, 0.2) is 0 Å². The second kappa shape index (κ2) is 6.04. The molecule has 124 valence electrons. The van der Waals surface area contributed by atoms with Gasteiger partial charge >= 0.3 is 0 Å². The molecule has 0 unspecified atom stereocenters. The Hall–Kier alpha value is -2.04. The van der Waals surface area contributed by atoms with Crippen LogP contribution in [0.25, 0.3) is 32.7 Å². The number of aromatic hydroxyl groups is 2. The van der Waals surface area contributed by atoms with Crippen LogP contribution in [0, 0.1) is 6.92 Å². The predicted molar refractivity (Wildman–Crippen MR) is 110 cm³/mol.